The van der Waals surface area contributed by atoms with E-state index in [1.807, 2.05) is 91.0 Å². The summed E-state index contributed by atoms with van der Waals surface area (Å²) in [5.74, 6) is -1.74. The second-order valence-corrected chi connectivity index (χ2v) is 14.8. The monoisotopic (exact) mass is 749 g/mol. The molecule has 58 heavy (non-hydrogen) atoms. The SMILES string of the molecule is FC1(F)c2ccc(-c3ccc4c5c6ccccc6ccc5c5nc6ccccc6n5c4c3)cc2-c2cc(-c3nc(-c4ccccc4)nc(-c4ccccc4)n3)ccc21. The Bertz CT molecular complexity index is 3430. The summed E-state index contributed by atoms with van der Waals surface area (Å²) in [7, 11) is 0. The molecule has 0 atom stereocenters. The highest BCUT2D eigenvalue weighted by Crippen LogP contribution is 2.53. The van der Waals surface area contributed by atoms with Crippen LogP contribution in [0.1, 0.15) is 11.1 Å². The van der Waals surface area contributed by atoms with E-state index in [4.69, 9.17) is 19.9 Å². The van der Waals surface area contributed by atoms with E-state index in [2.05, 4.69) is 65.1 Å². The van der Waals surface area contributed by atoms with Crippen molar-refractivity contribution in [3.63, 3.8) is 0 Å². The largest absolute Gasteiger partial charge is 0.299 e. The number of alkyl halides is 2. The highest BCUT2D eigenvalue weighted by atomic mass is 19.3. The van der Waals surface area contributed by atoms with Gasteiger partial charge in [0.15, 0.2) is 17.5 Å². The maximum absolute atomic E-state index is 16.3. The number of imidazole rings is 1. The van der Waals surface area contributed by atoms with Crippen LogP contribution < -0.4 is 0 Å². The summed E-state index contributed by atoms with van der Waals surface area (Å²) in [6, 6.07) is 57.1. The van der Waals surface area contributed by atoms with Crippen LogP contribution in [0.2, 0.25) is 0 Å². The topological polar surface area (TPSA) is 56.0 Å². The fourth-order valence-electron chi connectivity index (χ4n) is 8.79. The lowest BCUT2D eigenvalue weighted by Gasteiger charge is -2.14. The molecule has 0 amide bonds. The third kappa shape index (κ3) is 4.80. The van der Waals surface area contributed by atoms with Crippen molar-refractivity contribution in [3.05, 3.63) is 187 Å². The number of nitrogens with zero attached hydrogens (tertiary/aromatic N) is 5. The Balaban J connectivity index is 1.04. The normalized spacial score (nSPS) is 13.1. The van der Waals surface area contributed by atoms with Gasteiger partial charge in [-0.3, -0.25) is 4.40 Å². The van der Waals surface area contributed by atoms with Gasteiger partial charge in [0.25, 0.3) is 5.92 Å². The second-order valence-electron chi connectivity index (χ2n) is 14.8. The minimum Gasteiger partial charge on any atom is -0.292 e. The van der Waals surface area contributed by atoms with Crippen molar-refractivity contribution in [1.29, 1.82) is 0 Å². The van der Waals surface area contributed by atoms with Gasteiger partial charge in [0.2, 0.25) is 0 Å². The summed E-state index contributed by atoms with van der Waals surface area (Å²) < 4.78 is 34.8. The number of fused-ring (bicyclic) bond motifs is 13. The van der Waals surface area contributed by atoms with Gasteiger partial charge >= 0.3 is 0 Å². The van der Waals surface area contributed by atoms with Gasteiger partial charge in [0.05, 0.1) is 16.6 Å². The molecule has 12 rings (SSSR count). The number of rotatable bonds is 4. The number of halogens is 2. The molecular formula is C51H29F2N5. The highest BCUT2D eigenvalue weighted by molar-refractivity contribution is 6.24. The molecule has 8 aromatic carbocycles. The van der Waals surface area contributed by atoms with Gasteiger partial charge in [0, 0.05) is 44.0 Å². The molecule has 0 saturated carbocycles. The molecule has 0 unspecified atom stereocenters. The van der Waals surface area contributed by atoms with Crippen LogP contribution in [0.4, 0.5) is 8.78 Å². The Morgan fingerprint density at radius 1 is 0.397 bits per heavy atom. The summed E-state index contributed by atoms with van der Waals surface area (Å²) >= 11 is 0. The number of para-hydroxylation sites is 2. The maximum atomic E-state index is 16.3. The summed E-state index contributed by atoms with van der Waals surface area (Å²) in [5.41, 5.74) is 8.75. The van der Waals surface area contributed by atoms with Crippen LogP contribution in [-0.4, -0.2) is 24.3 Å². The van der Waals surface area contributed by atoms with Gasteiger partial charge in [-0.25, -0.2) is 19.9 Å². The van der Waals surface area contributed by atoms with E-state index in [9.17, 15) is 0 Å². The van der Waals surface area contributed by atoms with Crippen LogP contribution in [0.5, 0.6) is 0 Å². The first kappa shape index (κ1) is 32.6. The Kier molecular flexibility index (Phi) is 6.84. The number of hydrogen-bond donors (Lipinski definition) is 0. The van der Waals surface area contributed by atoms with E-state index < -0.39 is 5.92 Å². The molecule has 1 aliphatic carbocycles. The Hall–Kier alpha value is -7.64. The fourth-order valence-corrected chi connectivity index (χ4v) is 8.79. The van der Waals surface area contributed by atoms with Crippen molar-refractivity contribution < 1.29 is 8.78 Å². The molecular weight excluding hydrogens is 721 g/mol. The van der Waals surface area contributed by atoms with Gasteiger partial charge in [0.1, 0.15) is 5.65 Å². The minimum atomic E-state index is -3.17. The first-order chi connectivity index (χ1) is 28.5. The van der Waals surface area contributed by atoms with Crippen molar-refractivity contribution in [1.82, 2.24) is 24.3 Å². The lowest BCUT2D eigenvalue weighted by Crippen LogP contribution is -2.10. The molecule has 7 heteroatoms. The number of benzene rings is 8. The maximum Gasteiger partial charge on any atom is 0.299 e. The van der Waals surface area contributed by atoms with Crippen LogP contribution in [0, 0.1) is 0 Å². The van der Waals surface area contributed by atoms with Crippen LogP contribution in [-0.2, 0) is 5.92 Å². The van der Waals surface area contributed by atoms with Gasteiger partial charge in [-0.15, -0.1) is 0 Å². The van der Waals surface area contributed by atoms with Crippen molar-refractivity contribution in [2.75, 3.05) is 0 Å². The van der Waals surface area contributed by atoms with E-state index >= 15 is 8.78 Å². The summed E-state index contributed by atoms with van der Waals surface area (Å²) in [6.07, 6.45) is 0. The predicted octanol–water partition coefficient (Wildman–Crippen LogP) is 12.9. The van der Waals surface area contributed by atoms with Crippen LogP contribution in [0.25, 0.3) is 106 Å². The minimum absolute atomic E-state index is 0.0183. The van der Waals surface area contributed by atoms with Gasteiger partial charge in [-0.05, 0) is 69.4 Å². The van der Waals surface area contributed by atoms with Crippen LogP contribution >= 0.6 is 0 Å². The summed E-state index contributed by atoms with van der Waals surface area (Å²) in [6.45, 7) is 0. The smallest absolute Gasteiger partial charge is 0.292 e. The second kappa shape index (κ2) is 12.2. The molecule has 0 fully saturated rings. The van der Waals surface area contributed by atoms with E-state index in [0.717, 1.165) is 71.4 Å². The Labute approximate surface area is 330 Å². The lowest BCUT2D eigenvalue weighted by molar-refractivity contribution is 0.0480. The highest BCUT2D eigenvalue weighted by Gasteiger charge is 2.44. The molecule has 11 aromatic rings. The predicted molar refractivity (Wildman–Crippen MR) is 229 cm³/mol. The average Bonchev–Trinajstić information content (AvgIpc) is 3.78. The van der Waals surface area contributed by atoms with E-state index in [-0.39, 0.29) is 11.1 Å². The molecule has 1 aliphatic rings. The summed E-state index contributed by atoms with van der Waals surface area (Å²) in [5, 5.41) is 5.62. The van der Waals surface area contributed by atoms with E-state index in [0.29, 0.717) is 34.2 Å². The zero-order chi connectivity index (χ0) is 38.5. The molecule has 5 nitrogen and oxygen atoms in total. The van der Waals surface area contributed by atoms with Gasteiger partial charge < -0.3 is 0 Å². The molecule has 272 valence electrons. The average molecular weight is 750 g/mol. The molecule has 0 aliphatic heterocycles. The molecule has 0 bridgehead atoms. The molecule has 0 spiro atoms. The quantitative estimate of drug-likeness (QED) is 0.168. The zero-order valence-electron chi connectivity index (χ0n) is 30.7. The van der Waals surface area contributed by atoms with E-state index in [1.165, 1.54) is 6.07 Å². The van der Waals surface area contributed by atoms with Crippen LogP contribution in [0.3, 0.4) is 0 Å². The number of aromatic nitrogens is 5. The number of hydrogen-bond acceptors (Lipinski definition) is 4. The van der Waals surface area contributed by atoms with Gasteiger partial charge in [-0.2, -0.15) is 8.78 Å². The van der Waals surface area contributed by atoms with Crippen molar-refractivity contribution in [2.45, 2.75) is 5.92 Å². The first-order valence-corrected chi connectivity index (χ1v) is 19.2. The fraction of sp³-hybridized carbons (Fsp3) is 0.0196. The Morgan fingerprint density at radius 2 is 0.948 bits per heavy atom. The standard InChI is InChI=1S/C51H29F2N5/c52-51(53)41-25-21-33(34-20-23-37-45(29-34)58-44-18-10-9-17-43(44)54-50(58)38-24-19-30-11-7-8-16-36(30)46(37)38)27-39(41)40-28-35(22-26-42(40)51)49-56-47(31-12-3-1-4-13-31)55-48(57-49)32-14-5-2-6-15-32/h1-29H. The third-order valence-electron chi connectivity index (χ3n) is 11.5. The molecule has 3 aromatic heterocycles. The first-order valence-electron chi connectivity index (χ1n) is 19.2. The van der Waals surface area contributed by atoms with Crippen LogP contribution in [0.15, 0.2) is 176 Å². The van der Waals surface area contributed by atoms with Crippen molar-refractivity contribution in [2.24, 2.45) is 0 Å². The lowest BCUT2D eigenvalue weighted by atomic mass is 9.94. The third-order valence-corrected chi connectivity index (χ3v) is 11.5. The Morgan fingerprint density at radius 3 is 1.67 bits per heavy atom. The molecule has 0 saturated heterocycles. The summed E-state index contributed by atoms with van der Waals surface area (Å²) in [4.78, 5) is 19.7. The molecule has 0 N–H and O–H groups in total. The van der Waals surface area contributed by atoms with Gasteiger partial charge in [-0.1, -0.05) is 140 Å². The number of pyridine rings is 1. The zero-order valence-corrected chi connectivity index (χ0v) is 30.7. The van der Waals surface area contributed by atoms with Crippen molar-refractivity contribution >= 4 is 49.1 Å². The molecule has 0 radical (unpaired) electrons. The van der Waals surface area contributed by atoms with E-state index in [1.54, 1.807) is 18.2 Å². The molecule has 3 heterocycles. The van der Waals surface area contributed by atoms with Crippen molar-refractivity contribution in [3.8, 4) is 56.4 Å².